The Labute approximate surface area is 158 Å². The number of nitrogens with zero attached hydrogens (tertiary/aromatic N) is 3. The van der Waals surface area contributed by atoms with Gasteiger partial charge in [-0.25, -0.2) is 9.97 Å². The highest BCUT2D eigenvalue weighted by Gasteiger charge is 2.35. The molecule has 1 amide bonds. The zero-order chi connectivity index (χ0) is 17.9. The predicted molar refractivity (Wildman–Crippen MR) is 104 cm³/mol. The maximum Gasteiger partial charge on any atom is 0.253 e. The Morgan fingerprint density at radius 3 is 3.00 bits per heavy atom. The minimum atomic E-state index is -0.0993. The summed E-state index contributed by atoms with van der Waals surface area (Å²) < 4.78 is 0. The average Bonchev–Trinajstić information content (AvgIpc) is 3.22. The number of amides is 1. The van der Waals surface area contributed by atoms with E-state index >= 15 is 0 Å². The Morgan fingerprint density at radius 2 is 2.23 bits per heavy atom. The van der Waals surface area contributed by atoms with Crippen molar-refractivity contribution in [2.45, 2.75) is 51.2 Å². The Bertz CT molecular complexity index is 746. The maximum atomic E-state index is 12.4. The summed E-state index contributed by atoms with van der Waals surface area (Å²) in [5.41, 5.74) is 1.67. The normalized spacial score (nSPS) is 22.3. The highest BCUT2D eigenvalue weighted by molar-refractivity contribution is 7.09. The topological polar surface area (TPSA) is 70.2 Å². The summed E-state index contributed by atoms with van der Waals surface area (Å²) in [7, 11) is 0. The highest BCUT2D eigenvalue weighted by atomic mass is 32.1. The van der Waals surface area contributed by atoms with Crippen molar-refractivity contribution in [3.63, 3.8) is 0 Å². The first-order chi connectivity index (χ1) is 12.7. The summed E-state index contributed by atoms with van der Waals surface area (Å²) in [5, 5.41) is 9.43. The third-order valence-corrected chi connectivity index (χ3v) is 6.19. The molecule has 4 rings (SSSR count). The van der Waals surface area contributed by atoms with E-state index in [1.807, 2.05) is 17.5 Å². The first kappa shape index (κ1) is 17.4. The minimum Gasteiger partial charge on any atom is -0.349 e. The smallest absolute Gasteiger partial charge is 0.253 e. The number of anilines is 1. The number of pyridine rings is 1. The fourth-order valence-electron chi connectivity index (χ4n) is 3.88. The van der Waals surface area contributed by atoms with E-state index in [4.69, 9.17) is 0 Å². The van der Waals surface area contributed by atoms with Gasteiger partial charge in [-0.2, -0.15) is 0 Å². The van der Waals surface area contributed by atoms with Crippen LogP contribution in [0.15, 0.2) is 23.7 Å². The summed E-state index contributed by atoms with van der Waals surface area (Å²) in [5.74, 6) is 0.892. The van der Waals surface area contributed by atoms with E-state index in [2.05, 4.69) is 32.4 Å². The number of carbonyl (C=O) groups is 1. The molecule has 0 saturated carbocycles. The van der Waals surface area contributed by atoms with E-state index in [-0.39, 0.29) is 5.91 Å². The molecule has 2 aliphatic rings. The zero-order valence-electron chi connectivity index (χ0n) is 15.1. The minimum absolute atomic E-state index is 0.0993. The molecule has 2 saturated heterocycles. The fourth-order valence-corrected chi connectivity index (χ4v) is 4.70. The number of aryl methyl sites for hydroxylation is 1. The second-order valence-electron chi connectivity index (χ2n) is 6.96. The highest BCUT2D eigenvalue weighted by Crippen LogP contribution is 2.32. The molecule has 2 aromatic rings. The number of hydrogen-bond donors (Lipinski definition) is 2. The van der Waals surface area contributed by atoms with E-state index in [1.54, 1.807) is 17.5 Å². The fraction of sp³-hybridized carbons (Fsp3) is 0.526. The van der Waals surface area contributed by atoms with Crippen molar-refractivity contribution in [2.24, 2.45) is 0 Å². The van der Waals surface area contributed by atoms with Crippen LogP contribution in [0.1, 0.15) is 47.2 Å². The molecule has 0 radical (unpaired) electrons. The van der Waals surface area contributed by atoms with Crippen LogP contribution in [0.5, 0.6) is 0 Å². The molecule has 0 spiro atoms. The SMILES string of the molecule is CCc1csc(CNC(=O)c2ccc(N3[C@H]4CCNC[C@@H]3CC4)nc2)n1. The van der Waals surface area contributed by atoms with E-state index in [1.165, 1.54) is 12.8 Å². The molecule has 7 heteroatoms. The molecule has 2 fully saturated rings. The lowest BCUT2D eigenvalue weighted by atomic mass is 10.1. The number of hydrogen-bond acceptors (Lipinski definition) is 6. The molecule has 2 N–H and O–H groups in total. The molecular weight excluding hydrogens is 346 g/mol. The Hall–Kier alpha value is -1.99. The van der Waals surface area contributed by atoms with Crippen molar-refractivity contribution < 1.29 is 4.79 Å². The van der Waals surface area contributed by atoms with E-state index in [9.17, 15) is 4.79 Å². The molecule has 0 aliphatic carbocycles. The number of nitrogens with one attached hydrogen (secondary N) is 2. The van der Waals surface area contributed by atoms with Crippen LogP contribution in [0.25, 0.3) is 0 Å². The molecular formula is C19H25N5OS. The summed E-state index contributed by atoms with van der Waals surface area (Å²) in [4.78, 5) is 23.9. The maximum absolute atomic E-state index is 12.4. The van der Waals surface area contributed by atoms with Gasteiger partial charge in [0.1, 0.15) is 10.8 Å². The first-order valence-electron chi connectivity index (χ1n) is 9.41. The predicted octanol–water partition coefficient (Wildman–Crippen LogP) is 2.36. The average molecular weight is 372 g/mol. The Balaban J connectivity index is 1.40. The van der Waals surface area contributed by atoms with Crippen LogP contribution in [0.3, 0.4) is 0 Å². The molecule has 4 heterocycles. The van der Waals surface area contributed by atoms with E-state index < -0.39 is 0 Å². The lowest BCUT2D eigenvalue weighted by molar-refractivity contribution is 0.0950. The van der Waals surface area contributed by atoms with Crippen molar-refractivity contribution in [1.82, 2.24) is 20.6 Å². The number of carbonyl (C=O) groups excluding carboxylic acids is 1. The van der Waals surface area contributed by atoms with Gasteiger partial charge in [-0.3, -0.25) is 4.79 Å². The third-order valence-electron chi connectivity index (χ3n) is 5.29. The molecule has 2 bridgehead atoms. The Kier molecular flexibility index (Phi) is 5.17. The van der Waals surface area contributed by atoms with Gasteiger partial charge in [0.15, 0.2) is 0 Å². The molecule has 138 valence electrons. The molecule has 0 aromatic carbocycles. The lowest BCUT2D eigenvalue weighted by Crippen LogP contribution is -2.38. The number of aromatic nitrogens is 2. The van der Waals surface area contributed by atoms with Gasteiger partial charge in [0.2, 0.25) is 0 Å². The van der Waals surface area contributed by atoms with Gasteiger partial charge in [0.25, 0.3) is 5.91 Å². The number of thiazole rings is 1. The van der Waals surface area contributed by atoms with E-state index in [0.29, 0.717) is 24.2 Å². The van der Waals surface area contributed by atoms with Gasteiger partial charge in [-0.05, 0) is 44.4 Å². The van der Waals surface area contributed by atoms with Crippen molar-refractivity contribution in [2.75, 3.05) is 18.0 Å². The quantitative estimate of drug-likeness (QED) is 0.844. The summed E-state index contributed by atoms with van der Waals surface area (Å²) in [6, 6.07) is 4.96. The van der Waals surface area contributed by atoms with Crippen LogP contribution >= 0.6 is 11.3 Å². The van der Waals surface area contributed by atoms with Crippen molar-refractivity contribution >= 4 is 23.1 Å². The van der Waals surface area contributed by atoms with Crippen LogP contribution in [0, 0.1) is 0 Å². The molecule has 26 heavy (non-hydrogen) atoms. The van der Waals surface area contributed by atoms with Crippen LogP contribution in [0.2, 0.25) is 0 Å². The van der Waals surface area contributed by atoms with Gasteiger partial charge in [-0.15, -0.1) is 11.3 Å². The molecule has 2 aliphatic heterocycles. The number of rotatable bonds is 5. The Morgan fingerprint density at radius 1 is 1.35 bits per heavy atom. The summed E-state index contributed by atoms with van der Waals surface area (Å²) in [6.07, 6.45) is 6.23. The van der Waals surface area contributed by atoms with Gasteiger partial charge < -0.3 is 15.5 Å². The lowest BCUT2D eigenvalue weighted by Gasteiger charge is -2.29. The standard InChI is InChI=1S/C19H25N5OS/c1-2-14-12-26-18(23-14)11-22-19(25)13-3-6-17(21-9-13)24-15-4-5-16(24)10-20-8-7-15/h3,6,9,12,15-16,20H,2,4-5,7-8,10-11H2,1H3,(H,22,25)/t15-,16+/m1/s1. The van der Waals surface area contributed by atoms with Gasteiger partial charge in [-0.1, -0.05) is 6.92 Å². The van der Waals surface area contributed by atoms with Crippen LogP contribution in [-0.2, 0) is 13.0 Å². The first-order valence-corrected chi connectivity index (χ1v) is 10.3. The molecule has 6 nitrogen and oxygen atoms in total. The number of fused-ring (bicyclic) bond motifs is 2. The van der Waals surface area contributed by atoms with Gasteiger partial charge in [0, 0.05) is 30.2 Å². The second-order valence-corrected chi connectivity index (χ2v) is 7.90. The van der Waals surface area contributed by atoms with Crippen LogP contribution in [-0.4, -0.2) is 41.0 Å². The van der Waals surface area contributed by atoms with Crippen molar-refractivity contribution in [1.29, 1.82) is 0 Å². The zero-order valence-corrected chi connectivity index (χ0v) is 15.9. The summed E-state index contributed by atoms with van der Waals surface area (Å²) in [6.45, 7) is 4.65. The van der Waals surface area contributed by atoms with Crippen LogP contribution < -0.4 is 15.5 Å². The van der Waals surface area contributed by atoms with Crippen molar-refractivity contribution in [3.05, 3.63) is 40.0 Å². The van der Waals surface area contributed by atoms with Crippen LogP contribution in [0.4, 0.5) is 5.82 Å². The van der Waals surface area contributed by atoms with Gasteiger partial charge in [0.05, 0.1) is 17.8 Å². The monoisotopic (exact) mass is 371 g/mol. The second kappa shape index (κ2) is 7.72. The van der Waals surface area contributed by atoms with Crippen molar-refractivity contribution in [3.8, 4) is 0 Å². The third kappa shape index (κ3) is 3.59. The van der Waals surface area contributed by atoms with E-state index in [0.717, 1.165) is 42.5 Å². The molecule has 2 atom stereocenters. The molecule has 2 aromatic heterocycles. The molecule has 0 unspecified atom stereocenters. The largest absolute Gasteiger partial charge is 0.349 e. The van der Waals surface area contributed by atoms with Gasteiger partial charge >= 0.3 is 0 Å². The summed E-state index contributed by atoms with van der Waals surface area (Å²) >= 11 is 1.59.